The molecule has 0 aliphatic carbocycles. The summed E-state index contributed by atoms with van der Waals surface area (Å²) in [5, 5.41) is 3.36. The van der Waals surface area contributed by atoms with E-state index in [2.05, 4.69) is 10.3 Å². The zero-order chi connectivity index (χ0) is 18.8. The molecule has 2 saturated heterocycles. The summed E-state index contributed by atoms with van der Waals surface area (Å²) in [7, 11) is 1.95. The molecule has 7 heteroatoms. The van der Waals surface area contributed by atoms with Gasteiger partial charge in [0.25, 0.3) is 5.91 Å². The second-order valence-corrected chi connectivity index (χ2v) is 7.23. The number of nitrogens with one attached hydrogen (secondary N) is 1. The summed E-state index contributed by atoms with van der Waals surface area (Å²) in [6.07, 6.45) is 5.25. The van der Waals surface area contributed by atoms with Crippen molar-refractivity contribution in [1.82, 2.24) is 24.7 Å². The van der Waals surface area contributed by atoms with Gasteiger partial charge in [-0.25, -0.2) is 4.98 Å². The summed E-state index contributed by atoms with van der Waals surface area (Å²) in [6.45, 7) is 3.58. The van der Waals surface area contributed by atoms with E-state index in [1.807, 2.05) is 51.9 Å². The smallest absolute Gasteiger partial charge is 0.254 e. The van der Waals surface area contributed by atoms with E-state index in [0.29, 0.717) is 31.6 Å². The van der Waals surface area contributed by atoms with Crippen molar-refractivity contribution in [2.24, 2.45) is 7.05 Å². The van der Waals surface area contributed by atoms with Crippen LogP contribution in [0.1, 0.15) is 40.6 Å². The monoisotopic (exact) mass is 367 g/mol. The quantitative estimate of drug-likeness (QED) is 0.885. The van der Waals surface area contributed by atoms with Gasteiger partial charge in [-0.15, -0.1) is 0 Å². The fourth-order valence-corrected chi connectivity index (χ4v) is 3.89. The zero-order valence-corrected chi connectivity index (χ0v) is 15.6. The van der Waals surface area contributed by atoms with Gasteiger partial charge in [-0.3, -0.25) is 9.59 Å². The van der Waals surface area contributed by atoms with E-state index in [-0.39, 0.29) is 17.9 Å². The minimum Gasteiger partial charge on any atom is -0.338 e. The molecule has 1 atom stereocenters. The Morgan fingerprint density at radius 1 is 1.26 bits per heavy atom. The van der Waals surface area contributed by atoms with Crippen LogP contribution in [0.5, 0.6) is 0 Å². The molecule has 2 amide bonds. The number of amides is 2. The van der Waals surface area contributed by atoms with Gasteiger partial charge < -0.3 is 19.7 Å². The standard InChI is InChI=1S/C20H25N5O2/c1-23-11-9-22-19(23)17-13-21-8-12-25(17)20(27)16-6-4-15(5-7-16)14-24-10-2-3-18(24)26/h4-7,9,11,17,21H,2-3,8,10,12-14H2,1H3. The van der Waals surface area contributed by atoms with Crippen LogP contribution in [0.15, 0.2) is 36.7 Å². The minimum atomic E-state index is -0.0758. The zero-order valence-electron chi connectivity index (χ0n) is 15.6. The van der Waals surface area contributed by atoms with Gasteiger partial charge >= 0.3 is 0 Å². The Labute approximate surface area is 159 Å². The van der Waals surface area contributed by atoms with Gasteiger partial charge in [0.1, 0.15) is 11.9 Å². The Morgan fingerprint density at radius 2 is 2.07 bits per heavy atom. The van der Waals surface area contributed by atoms with E-state index in [4.69, 9.17) is 0 Å². The molecule has 1 N–H and O–H groups in total. The fraction of sp³-hybridized carbons (Fsp3) is 0.450. The average Bonchev–Trinajstić information content (AvgIpc) is 3.30. The summed E-state index contributed by atoms with van der Waals surface area (Å²) in [6, 6.07) is 7.58. The first kappa shape index (κ1) is 17.7. The van der Waals surface area contributed by atoms with Crippen LogP contribution in [0.25, 0.3) is 0 Å². The molecule has 2 fully saturated rings. The maximum absolute atomic E-state index is 13.1. The number of aromatic nitrogens is 2. The number of carbonyl (C=O) groups is 2. The Kier molecular flexibility index (Phi) is 4.94. The van der Waals surface area contributed by atoms with Crippen LogP contribution >= 0.6 is 0 Å². The van der Waals surface area contributed by atoms with Crippen molar-refractivity contribution in [3.63, 3.8) is 0 Å². The third-order valence-corrected chi connectivity index (χ3v) is 5.41. The van der Waals surface area contributed by atoms with E-state index in [1.165, 1.54) is 0 Å². The summed E-state index contributed by atoms with van der Waals surface area (Å²) < 4.78 is 1.97. The molecule has 27 heavy (non-hydrogen) atoms. The molecular weight excluding hydrogens is 342 g/mol. The molecule has 2 aliphatic heterocycles. The molecule has 3 heterocycles. The summed E-state index contributed by atoms with van der Waals surface area (Å²) in [5.74, 6) is 1.13. The molecule has 1 unspecified atom stereocenters. The lowest BCUT2D eigenvalue weighted by atomic mass is 10.1. The molecular formula is C20H25N5O2. The number of likely N-dealkylation sites (tertiary alicyclic amines) is 1. The van der Waals surface area contributed by atoms with Crippen molar-refractivity contribution in [3.05, 3.63) is 53.6 Å². The van der Waals surface area contributed by atoms with Crippen molar-refractivity contribution in [2.75, 3.05) is 26.2 Å². The topological polar surface area (TPSA) is 70.5 Å². The van der Waals surface area contributed by atoms with E-state index in [9.17, 15) is 9.59 Å². The Hall–Kier alpha value is -2.67. The third-order valence-electron chi connectivity index (χ3n) is 5.41. The molecule has 142 valence electrons. The highest BCUT2D eigenvalue weighted by atomic mass is 16.2. The van der Waals surface area contributed by atoms with Gasteiger partial charge in [0.05, 0.1) is 0 Å². The number of benzene rings is 1. The van der Waals surface area contributed by atoms with Crippen molar-refractivity contribution >= 4 is 11.8 Å². The van der Waals surface area contributed by atoms with E-state index >= 15 is 0 Å². The highest BCUT2D eigenvalue weighted by Gasteiger charge is 2.31. The second-order valence-electron chi connectivity index (χ2n) is 7.23. The normalized spacial score (nSPS) is 20.3. The first-order valence-corrected chi connectivity index (χ1v) is 9.49. The number of rotatable bonds is 4. The van der Waals surface area contributed by atoms with Gasteiger partial charge in [-0.05, 0) is 24.1 Å². The number of imidazole rings is 1. The largest absolute Gasteiger partial charge is 0.338 e. The SMILES string of the molecule is Cn1ccnc1C1CNCCN1C(=O)c1ccc(CN2CCCC2=O)cc1. The van der Waals surface area contributed by atoms with Gasteiger partial charge in [0, 0.05) is 64.1 Å². The van der Waals surface area contributed by atoms with Crippen molar-refractivity contribution in [1.29, 1.82) is 0 Å². The Morgan fingerprint density at radius 3 is 2.74 bits per heavy atom. The molecule has 2 aliphatic rings. The highest BCUT2D eigenvalue weighted by Crippen LogP contribution is 2.23. The molecule has 1 aromatic heterocycles. The first-order chi connectivity index (χ1) is 13.1. The predicted octanol–water partition coefficient (Wildman–Crippen LogP) is 1.33. The lowest BCUT2D eigenvalue weighted by Gasteiger charge is -2.35. The summed E-state index contributed by atoms with van der Waals surface area (Å²) >= 11 is 0. The number of carbonyl (C=O) groups excluding carboxylic acids is 2. The predicted molar refractivity (Wildman–Crippen MR) is 101 cm³/mol. The lowest BCUT2D eigenvalue weighted by Crippen LogP contribution is -2.49. The molecule has 2 aromatic rings. The molecule has 0 spiro atoms. The average molecular weight is 367 g/mol. The molecule has 7 nitrogen and oxygen atoms in total. The molecule has 4 rings (SSSR count). The molecule has 0 saturated carbocycles. The van der Waals surface area contributed by atoms with Crippen LogP contribution in [-0.4, -0.2) is 57.3 Å². The number of aryl methyl sites for hydroxylation is 1. The second kappa shape index (κ2) is 7.52. The summed E-state index contributed by atoms with van der Waals surface area (Å²) in [4.78, 5) is 33.1. The van der Waals surface area contributed by atoms with Crippen LogP contribution < -0.4 is 5.32 Å². The number of hydrogen-bond acceptors (Lipinski definition) is 4. The van der Waals surface area contributed by atoms with Crippen LogP contribution in [0.2, 0.25) is 0 Å². The maximum Gasteiger partial charge on any atom is 0.254 e. The third kappa shape index (κ3) is 3.60. The molecule has 1 aromatic carbocycles. The van der Waals surface area contributed by atoms with Crippen molar-refractivity contribution < 1.29 is 9.59 Å². The fourth-order valence-electron chi connectivity index (χ4n) is 3.89. The van der Waals surface area contributed by atoms with Crippen LogP contribution in [-0.2, 0) is 18.4 Å². The van der Waals surface area contributed by atoms with E-state index in [1.54, 1.807) is 6.20 Å². The van der Waals surface area contributed by atoms with Crippen LogP contribution in [0.3, 0.4) is 0 Å². The van der Waals surface area contributed by atoms with Crippen molar-refractivity contribution in [3.8, 4) is 0 Å². The first-order valence-electron chi connectivity index (χ1n) is 9.49. The Balaban J connectivity index is 1.49. The van der Waals surface area contributed by atoms with Gasteiger partial charge in [0.2, 0.25) is 5.91 Å². The maximum atomic E-state index is 13.1. The van der Waals surface area contributed by atoms with E-state index in [0.717, 1.165) is 30.9 Å². The Bertz CT molecular complexity index is 829. The van der Waals surface area contributed by atoms with E-state index < -0.39 is 0 Å². The van der Waals surface area contributed by atoms with Crippen LogP contribution in [0, 0.1) is 0 Å². The van der Waals surface area contributed by atoms with Gasteiger partial charge in [0.15, 0.2) is 0 Å². The lowest BCUT2D eigenvalue weighted by molar-refractivity contribution is -0.128. The minimum absolute atomic E-state index is 0.0216. The van der Waals surface area contributed by atoms with Crippen LogP contribution in [0.4, 0.5) is 0 Å². The van der Waals surface area contributed by atoms with Crippen molar-refractivity contribution in [2.45, 2.75) is 25.4 Å². The number of piperazine rings is 1. The number of hydrogen-bond donors (Lipinski definition) is 1. The van der Waals surface area contributed by atoms with Gasteiger partial charge in [-0.1, -0.05) is 12.1 Å². The molecule has 0 bridgehead atoms. The molecule has 0 radical (unpaired) electrons. The highest BCUT2D eigenvalue weighted by molar-refractivity contribution is 5.94. The van der Waals surface area contributed by atoms with Gasteiger partial charge in [-0.2, -0.15) is 0 Å². The number of nitrogens with zero attached hydrogens (tertiary/aromatic N) is 4. The summed E-state index contributed by atoms with van der Waals surface area (Å²) in [5.41, 5.74) is 1.73.